The first-order chi connectivity index (χ1) is 7.18. The minimum Gasteiger partial charge on any atom is -0.465 e. The molecule has 1 unspecified atom stereocenters. The molecule has 0 radical (unpaired) electrons. The monoisotopic (exact) mass is 228 g/mol. The van der Waals surface area contributed by atoms with Gasteiger partial charge in [-0.2, -0.15) is 0 Å². The highest BCUT2D eigenvalue weighted by Gasteiger charge is 2.31. The first kappa shape index (κ1) is 13.5. The fourth-order valence-electron chi connectivity index (χ4n) is 2.52. The quantitative estimate of drug-likeness (QED) is 0.697. The average Bonchev–Trinajstić information content (AvgIpc) is 1.96. The van der Waals surface area contributed by atoms with Gasteiger partial charge in [0.2, 0.25) is 0 Å². The van der Waals surface area contributed by atoms with E-state index in [4.69, 9.17) is 9.47 Å². The summed E-state index contributed by atoms with van der Waals surface area (Å²) < 4.78 is 10.9. The summed E-state index contributed by atoms with van der Waals surface area (Å²) in [6.07, 6.45) is 2.22. The van der Waals surface area contributed by atoms with E-state index in [9.17, 15) is 4.79 Å². The Hall–Kier alpha value is -0.570. The van der Waals surface area contributed by atoms with E-state index >= 15 is 0 Å². The molecule has 0 amide bonds. The number of esters is 1. The smallest absolute Gasteiger partial charge is 0.308 e. The Labute approximate surface area is 98.5 Å². The zero-order valence-corrected chi connectivity index (χ0v) is 11.1. The van der Waals surface area contributed by atoms with Gasteiger partial charge in [-0.25, -0.2) is 0 Å². The normalized spacial score (nSPS) is 23.1. The summed E-state index contributed by atoms with van der Waals surface area (Å²) in [5.41, 5.74) is 0.0548. The van der Waals surface area contributed by atoms with E-state index in [0.717, 1.165) is 12.8 Å². The lowest BCUT2D eigenvalue weighted by Crippen LogP contribution is -2.38. The van der Waals surface area contributed by atoms with Crippen molar-refractivity contribution in [3.63, 3.8) is 0 Å². The molecule has 1 rings (SSSR count). The van der Waals surface area contributed by atoms with Crippen molar-refractivity contribution in [1.82, 2.24) is 0 Å². The van der Waals surface area contributed by atoms with Crippen molar-refractivity contribution in [3.05, 3.63) is 0 Å². The van der Waals surface area contributed by atoms with Crippen LogP contribution in [0, 0.1) is 5.41 Å². The summed E-state index contributed by atoms with van der Waals surface area (Å²) in [5, 5.41) is 0. The molecule has 1 aliphatic rings. The summed E-state index contributed by atoms with van der Waals surface area (Å²) in [4.78, 5) is 11.1. The van der Waals surface area contributed by atoms with Gasteiger partial charge in [-0.3, -0.25) is 4.79 Å². The van der Waals surface area contributed by atoms with E-state index < -0.39 is 0 Å². The Kier molecular flexibility index (Phi) is 4.00. The third-order valence-corrected chi connectivity index (χ3v) is 2.54. The van der Waals surface area contributed by atoms with Crippen LogP contribution in [0.3, 0.4) is 0 Å². The molecule has 1 fully saturated rings. The first-order valence-corrected chi connectivity index (χ1v) is 6.01. The molecule has 1 heterocycles. The van der Waals surface area contributed by atoms with Crippen LogP contribution in [-0.2, 0) is 14.3 Å². The van der Waals surface area contributed by atoms with Gasteiger partial charge in [0, 0.05) is 6.42 Å². The second kappa shape index (κ2) is 4.74. The molecule has 0 saturated carbocycles. The number of hydrogen-bond donors (Lipinski definition) is 0. The highest BCUT2D eigenvalue weighted by molar-refractivity contribution is 5.70. The van der Waals surface area contributed by atoms with Crippen molar-refractivity contribution in [3.8, 4) is 0 Å². The standard InChI is InChI=1S/C13H24O3/c1-12(2,3)9-13(4,5)16-10-6-7-15-11(14)8-10/h10H,6-9H2,1-5H3. The molecule has 0 aliphatic carbocycles. The predicted octanol–water partition coefficient (Wildman–Crippen LogP) is 2.92. The molecular weight excluding hydrogens is 204 g/mol. The van der Waals surface area contributed by atoms with Gasteiger partial charge in [0.25, 0.3) is 0 Å². The molecule has 0 aromatic carbocycles. The second-order valence-corrected chi connectivity index (χ2v) is 6.45. The van der Waals surface area contributed by atoms with Crippen LogP contribution in [0.1, 0.15) is 53.9 Å². The number of carbonyl (C=O) groups is 1. The molecule has 16 heavy (non-hydrogen) atoms. The van der Waals surface area contributed by atoms with E-state index in [2.05, 4.69) is 34.6 Å². The third kappa shape index (κ3) is 4.97. The van der Waals surface area contributed by atoms with Crippen molar-refractivity contribution < 1.29 is 14.3 Å². The highest BCUT2D eigenvalue weighted by Crippen LogP contribution is 2.31. The van der Waals surface area contributed by atoms with Crippen LogP contribution in [-0.4, -0.2) is 24.3 Å². The fourth-order valence-corrected chi connectivity index (χ4v) is 2.52. The summed E-state index contributed by atoms with van der Waals surface area (Å²) in [7, 11) is 0. The van der Waals surface area contributed by atoms with Crippen LogP contribution in [0.25, 0.3) is 0 Å². The number of carbonyl (C=O) groups excluding carboxylic acids is 1. The van der Waals surface area contributed by atoms with Gasteiger partial charge in [-0.05, 0) is 25.7 Å². The van der Waals surface area contributed by atoms with Gasteiger partial charge in [-0.1, -0.05) is 20.8 Å². The van der Waals surface area contributed by atoms with Gasteiger partial charge >= 0.3 is 5.97 Å². The largest absolute Gasteiger partial charge is 0.465 e. The van der Waals surface area contributed by atoms with E-state index in [1.807, 2.05) is 0 Å². The molecule has 0 aromatic heterocycles. The maximum absolute atomic E-state index is 11.1. The van der Waals surface area contributed by atoms with E-state index in [0.29, 0.717) is 13.0 Å². The Morgan fingerprint density at radius 1 is 1.31 bits per heavy atom. The van der Waals surface area contributed by atoms with E-state index in [1.54, 1.807) is 0 Å². The molecule has 1 aliphatic heterocycles. The maximum Gasteiger partial charge on any atom is 0.308 e. The zero-order chi connectivity index (χ0) is 12.4. The van der Waals surface area contributed by atoms with Crippen LogP contribution in [0.4, 0.5) is 0 Å². The lowest BCUT2D eigenvalue weighted by Gasteiger charge is -2.36. The van der Waals surface area contributed by atoms with Crippen molar-refractivity contribution in [2.75, 3.05) is 6.61 Å². The van der Waals surface area contributed by atoms with Gasteiger partial charge in [-0.15, -0.1) is 0 Å². The van der Waals surface area contributed by atoms with Crippen molar-refractivity contribution in [2.24, 2.45) is 5.41 Å². The number of hydrogen-bond acceptors (Lipinski definition) is 3. The highest BCUT2D eigenvalue weighted by atomic mass is 16.6. The summed E-state index contributed by atoms with van der Waals surface area (Å²) in [6.45, 7) is 11.3. The summed E-state index contributed by atoms with van der Waals surface area (Å²) in [5.74, 6) is -0.136. The van der Waals surface area contributed by atoms with E-state index in [1.165, 1.54) is 0 Å². The molecule has 1 atom stereocenters. The molecule has 3 heteroatoms. The molecule has 0 aromatic rings. The van der Waals surface area contributed by atoms with Crippen LogP contribution in [0.15, 0.2) is 0 Å². The molecule has 0 spiro atoms. The van der Waals surface area contributed by atoms with Crippen molar-refractivity contribution in [1.29, 1.82) is 0 Å². The van der Waals surface area contributed by atoms with Crippen molar-refractivity contribution >= 4 is 5.97 Å². The van der Waals surface area contributed by atoms with Gasteiger partial charge in [0.1, 0.15) is 0 Å². The number of cyclic esters (lactones) is 1. The Bertz CT molecular complexity index is 250. The Balaban J connectivity index is 2.48. The molecular formula is C13H24O3. The number of ether oxygens (including phenoxy) is 2. The van der Waals surface area contributed by atoms with Crippen molar-refractivity contribution in [2.45, 2.75) is 65.6 Å². The SMILES string of the molecule is CC(C)(C)CC(C)(C)OC1CCOC(=O)C1. The molecule has 0 N–H and O–H groups in total. The lowest BCUT2D eigenvalue weighted by atomic mass is 9.83. The summed E-state index contributed by atoms with van der Waals surface area (Å²) in [6, 6.07) is 0. The molecule has 1 saturated heterocycles. The minimum atomic E-state index is -0.180. The lowest BCUT2D eigenvalue weighted by molar-refractivity contribution is -0.163. The molecule has 3 nitrogen and oxygen atoms in total. The van der Waals surface area contributed by atoms with Crippen LogP contribution in [0.2, 0.25) is 0 Å². The topological polar surface area (TPSA) is 35.5 Å². The average molecular weight is 228 g/mol. The predicted molar refractivity (Wildman–Crippen MR) is 63.2 cm³/mol. The van der Waals surface area contributed by atoms with E-state index in [-0.39, 0.29) is 23.1 Å². The maximum atomic E-state index is 11.1. The second-order valence-electron chi connectivity index (χ2n) is 6.45. The Morgan fingerprint density at radius 3 is 2.44 bits per heavy atom. The van der Waals surface area contributed by atoms with Crippen LogP contribution >= 0.6 is 0 Å². The van der Waals surface area contributed by atoms with Gasteiger partial charge < -0.3 is 9.47 Å². The zero-order valence-electron chi connectivity index (χ0n) is 11.1. The summed E-state index contributed by atoms with van der Waals surface area (Å²) >= 11 is 0. The van der Waals surface area contributed by atoms with Crippen LogP contribution in [0.5, 0.6) is 0 Å². The third-order valence-electron chi connectivity index (χ3n) is 2.54. The molecule has 0 bridgehead atoms. The number of rotatable bonds is 3. The first-order valence-electron chi connectivity index (χ1n) is 6.01. The molecule has 94 valence electrons. The Morgan fingerprint density at radius 2 is 1.94 bits per heavy atom. The van der Waals surface area contributed by atoms with Crippen LogP contribution < -0.4 is 0 Å². The van der Waals surface area contributed by atoms with Gasteiger partial charge in [0.15, 0.2) is 0 Å². The van der Waals surface area contributed by atoms with Gasteiger partial charge in [0.05, 0.1) is 24.7 Å². The fraction of sp³-hybridized carbons (Fsp3) is 0.923. The minimum absolute atomic E-state index is 0.0265.